The van der Waals surface area contributed by atoms with E-state index in [4.69, 9.17) is 4.74 Å². The minimum absolute atomic E-state index is 0.285. The number of hydrogen-bond donors (Lipinski definition) is 1. The Morgan fingerprint density at radius 1 is 1.26 bits per heavy atom. The molecule has 7 nitrogen and oxygen atoms in total. The lowest BCUT2D eigenvalue weighted by atomic mass is 10.2. The van der Waals surface area contributed by atoms with Crippen LogP contribution in [0.1, 0.15) is 23.6 Å². The molecule has 8 heteroatoms. The van der Waals surface area contributed by atoms with Crippen molar-refractivity contribution in [1.82, 2.24) is 19.5 Å². The van der Waals surface area contributed by atoms with E-state index in [1.807, 2.05) is 0 Å². The fourth-order valence-corrected chi connectivity index (χ4v) is 4.19. The molecule has 0 bridgehead atoms. The number of aromatic nitrogens is 3. The SMILES string of the molecule is O=S(=O)(NCCc1nnc2n1CCC2)c1ccc2c(c1)CCO2. The lowest BCUT2D eigenvalue weighted by Gasteiger charge is -2.08. The van der Waals surface area contributed by atoms with Crippen LogP contribution in [-0.4, -0.2) is 36.3 Å². The molecule has 0 aliphatic carbocycles. The van der Waals surface area contributed by atoms with Crippen LogP contribution in [0.3, 0.4) is 0 Å². The van der Waals surface area contributed by atoms with Crippen molar-refractivity contribution in [1.29, 1.82) is 0 Å². The number of aryl methyl sites for hydroxylation is 1. The van der Waals surface area contributed by atoms with Gasteiger partial charge in [-0.3, -0.25) is 0 Å². The number of rotatable bonds is 5. The van der Waals surface area contributed by atoms with Gasteiger partial charge >= 0.3 is 0 Å². The van der Waals surface area contributed by atoms with Gasteiger partial charge in [0.25, 0.3) is 0 Å². The molecule has 0 atom stereocenters. The maximum Gasteiger partial charge on any atom is 0.240 e. The fraction of sp³-hybridized carbons (Fsp3) is 0.467. The average Bonchev–Trinajstić information content (AvgIpc) is 3.23. The van der Waals surface area contributed by atoms with Gasteiger partial charge in [-0.2, -0.15) is 0 Å². The first-order chi connectivity index (χ1) is 11.1. The van der Waals surface area contributed by atoms with E-state index in [0.29, 0.717) is 19.6 Å². The molecule has 4 rings (SSSR count). The maximum absolute atomic E-state index is 12.4. The molecule has 0 saturated heterocycles. The van der Waals surface area contributed by atoms with Crippen LogP contribution < -0.4 is 9.46 Å². The van der Waals surface area contributed by atoms with E-state index in [9.17, 15) is 8.42 Å². The average molecular weight is 334 g/mol. The summed E-state index contributed by atoms with van der Waals surface area (Å²) in [5.41, 5.74) is 0.947. The Morgan fingerprint density at radius 3 is 3.09 bits per heavy atom. The second-order valence-electron chi connectivity index (χ2n) is 5.80. The number of hydrogen-bond acceptors (Lipinski definition) is 5. The van der Waals surface area contributed by atoms with Gasteiger partial charge in [-0.25, -0.2) is 13.1 Å². The minimum Gasteiger partial charge on any atom is -0.493 e. The highest BCUT2D eigenvalue weighted by Gasteiger charge is 2.20. The van der Waals surface area contributed by atoms with Crippen molar-refractivity contribution in [3.63, 3.8) is 0 Å². The first kappa shape index (κ1) is 14.6. The third-order valence-corrected chi connectivity index (χ3v) is 5.76. The molecule has 0 amide bonds. The molecular formula is C15H18N4O3S. The summed E-state index contributed by atoms with van der Waals surface area (Å²) in [5.74, 6) is 2.63. The van der Waals surface area contributed by atoms with Gasteiger partial charge in [-0.1, -0.05) is 0 Å². The van der Waals surface area contributed by atoms with E-state index in [-0.39, 0.29) is 4.90 Å². The van der Waals surface area contributed by atoms with Gasteiger partial charge in [0.1, 0.15) is 17.4 Å². The summed E-state index contributed by atoms with van der Waals surface area (Å²) < 4.78 is 34.9. The zero-order valence-electron chi connectivity index (χ0n) is 12.7. The first-order valence-electron chi connectivity index (χ1n) is 7.80. The molecular weight excluding hydrogens is 316 g/mol. The Bertz CT molecular complexity index is 844. The molecule has 1 aromatic heterocycles. The summed E-state index contributed by atoms with van der Waals surface area (Å²) in [5, 5.41) is 8.27. The van der Waals surface area contributed by atoms with E-state index in [2.05, 4.69) is 19.5 Å². The highest BCUT2D eigenvalue weighted by atomic mass is 32.2. The van der Waals surface area contributed by atoms with Crippen molar-refractivity contribution in [3.05, 3.63) is 35.4 Å². The molecule has 1 N–H and O–H groups in total. The predicted molar refractivity (Wildman–Crippen MR) is 82.9 cm³/mol. The van der Waals surface area contributed by atoms with Crippen LogP contribution in [0, 0.1) is 0 Å². The van der Waals surface area contributed by atoms with Gasteiger partial charge in [0.05, 0.1) is 11.5 Å². The molecule has 0 saturated carbocycles. The molecule has 2 aliphatic rings. The van der Waals surface area contributed by atoms with Crippen molar-refractivity contribution in [2.75, 3.05) is 13.2 Å². The lowest BCUT2D eigenvalue weighted by molar-refractivity contribution is 0.356. The van der Waals surface area contributed by atoms with Gasteiger partial charge in [0.2, 0.25) is 10.0 Å². The summed E-state index contributed by atoms with van der Waals surface area (Å²) in [7, 11) is -3.51. The number of sulfonamides is 1. The van der Waals surface area contributed by atoms with Gasteiger partial charge in [-0.05, 0) is 30.2 Å². The lowest BCUT2D eigenvalue weighted by Crippen LogP contribution is -2.26. The monoisotopic (exact) mass is 334 g/mol. The molecule has 23 heavy (non-hydrogen) atoms. The summed E-state index contributed by atoms with van der Waals surface area (Å²) in [6.07, 6.45) is 3.33. The van der Waals surface area contributed by atoms with E-state index < -0.39 is 10.0 Å². The van der Waals surface area contributed by atoms with Crippen molar-refractivity contribution >= 4 is 10.0 Å². The molecule has 2 aliphatic heterocycles. The first-order valence-corrected chi connectivity index (χ1v) is 9.28. The second-order valence-corrected chi connectivity index (χ2v) is 7.57. The van der Waals surface area contributed by atoms with Gasteiger partial charge in [-0.15, -0.1) is 10.2 Å². The van der Waals surface area contributed by atoms with Gasteiger partial charge in [0.15, 0.2) is 0 Å². The molecule has 122 valence electrons. The van der Waals surface area contributed by atoms with Crippen LogP contribution in [0.25, 0.3) is 0 Å². The maximum atomic E-state index is 12.4. The standard InChI is InChI=1S/C15H18N4O3S/c20-23(21,12-3-4-13-11(10-12)6-9-22-13)16-7-5-15-18-17-14-2-1-8-19(14)15/h3-4,10,16H,1-2,5-9H2. The number of ether oxygens (including phenoxy) is 1. The summed E-state index contributed by atoms with van der Waals surface area (Å²) in [6.45, 7) is 1.85. The topological polar surface area (TPSA) is 86.1 Å². The number of benzene rings is 1. The highest BCUT2D eigenvalue weighted by molar-refractivity contribution is 7.89. The molecule has 0 unspecified atom stereocenters. The number of nitrogens with zero attached hydrogens (tertiary/aromatic N) is 3. The predicted octanol–water partition coefficient (Wildman–Crippen LogP) is 0.680. The van der Waals surface area contributed by atoms with Crippen LogP contribution in [0.5, 0.6) is 5.75 Å². The molecule has 0 radical (unpaired) electrons. The van der Waals surface area contributed by atoms with Gasteiger partial charge < -0.3 is 9.30 Å². The smallest absolute Gasteiger partial charge is 0.240 e. The van der Waals surface area contributed by atoms with Gasteiger partial charge in [0, 0.05) is 32.4 Å². The quantitative estimate of drug-likeness (QED) is 0.869. The van der Waals surface area contributed by atoms with E-state index in [0.717, 1.165) is 48.8 Å². The number of nitrogens with one attached hydrogen (secondary N) is 1. The van der Waals surface area contributed by atoms with Crippen LogP contribution in [0.15, 0.2) is 23.1 Å². The summed E-state index contributed by atoms with van der Waals surface area (Å²) in [6, 6.07) is 5.00. The van der Waals surface area contributed by atoms with Crippen LogP contribution in [0.2, 0.25) is 0 Å². The Balaban J connectivity index is 1.43. The molecule has 0 fully saturated rings. The van der Waals surface area contributed by atoms with Crippen LogP contribution >= 0.6 is 0 Å². The van der Waals surface area contributed by atoms with Crippen molar-refractivity contribution in [2.45, 2.75) is 37.1 Å². The molecule has 3 heterocycles. The minimum atomic E-state index is -3.51. The normalized spacial score (nSPS) is 16.2. The molecule has 1 aromatic carbocycles. The van der Waals surface area contributed by atoms with E-state index in [1.54, 1.807) is 18.2 Å². The Labute approximate surface area is 134 Å². The second kappa shape index (κ2) is 5.61. The van der Waals surface area contributed by atoms with Crippen molar-refractivity contribution < 1.29 is 13.2 Å². The summed E-state index contributed by atoms with van der Waals surface area (Å²) in [4.78, 5) is 0.285. The zero-order valence-corrected chi connectivity index (χ0v) is 13.5. The largest absolute Gasteiger partial charge is 0.493 e. The van der Waals surface area contributed by atoms with Crippen LogP contribution in [0.4, 0.5) is 0 Å². The Hall–Kier alpha value is -1.93. The summed E-state index contributed by atoms with van der Waals surface area (Å²) >= 11 is 0. The van der Waals surface area contributed by atoms with Crippen molar-refractivity contribution in [2.24, 2.45) is 0 Å². The molecule has 0 spiro atoms. The zero-order chi connectivity index (χ0) is 15.9. The van der Waals surface area contributed by atoms with Crippen molar-refractivity contribution in [3.8, 4) is 5.75 Å². The molecule has 2 aromatic rings. The Morgan fingerprint density at radius 2 is 2.17 bits per heavy atom. The van der Waals surface area contributed by atoms with E-state index in [1.165, 1.54) is 0 Å². The van der Waals surface area contributed by atoms with Crippen LogP contribution in [-0.2, 0) is 35.8 Å². The highest BCUT2D eigenvalue weighted by Crippen LogP contribution is 2.27. The number of fused-ring (bicyclic) bond motifs is 2. The Kier molecular flexibility index (Phi) is 3.57. The fourth-order valence-electron chi connectivity index (χ4n) is 3.11. The third-order valence-electron chi connectivity index (χ3n) is 4.30. The third kappa shape index (κ3) is 2.72. The van der Waals surface area contributed by atoms with E-state index >= 15 is 0 Å².